The minimum atomic E-state index is -0.818. The molecule has 0 unspecified atom stereocenters. The van der Waals surface area contributed by atoms with Crippen molar-refractivity contribution < 1.29 is 19.1 Å². The van der Waals surface area contributed by atoms with Gasteiger partial charge in [0.15, 0.2) is 0 Å². The summed E-state index contributed by atoms with van der Waals surface area (Å²) in [7, 11) is 2.93. The van der Waals surface area contributed by atoms with Crippen LogP contribution in [0.4, 0.5) is 0 Å². The summed E-state index contributed by atoms with van der Waals surface area (Å²) in [5.74, 6) is 0.758. The van der Waals surface area contributed by atoms with E-state index in [1.54, 1.807) is 7.11 Å². The van der Waals surface area contributed by atoms with Crippen molar-refractivity contribution in [3.63, 3.8) is 0 Å². The van der Waals surface area contributed by atoms with Crippen LogP contribution in [0.1, 0.15) is 32.3 Å². The molecule has 3 atom stereocenters. The maximum absolute atomic E-state index is 12.3. The summed E-state index contributed by atoms with van der Waals surface area (Å²) in [5, 5.41) is 3.02. The molecule has 0 saturated heterocycles. The number of nitrogens with one attached hydrogen (secondary N) is 1. The van der Waals surface area contributed by atoms with Crippen LogP contribution >= 0.6 is 0 Å². The van der Waals surface area contributed by atoms with Crippen molar-refractivity contribution in [1.82, 2.24) is 5.32 Å². The number of hydrogen-bond donors (Lipinski definition) is 1. The third-order valence-electron chi connectivity index (χ3n) is 4.28. The SMILES string of the molecule is COC(=O)C[C@](C)(NC(=O)[C@H]1C[C@H]1C)c1cccc(OC)c1. The normalized spacial score (nSPS) is 22.4. The molecule has 0 bridgehead atoms. The lowest BCUT2D eigenvalue weighted by Gasteiger charge is -2.31. The highest BCUT2D eigenvalue weighted by Gasteiger charge is 2.42. The van der Waals surface area contributed by atoms with Crippen LogP contribution in [0.15, 0.2) is 24.3 Å². The highest BCUT2D eigenvalue weighted by molar-refractivity contribution is 5.83. The first-order chi connectivity index (χ1) is 10.4. The maximum Gasteiger partial charge on any atom is 0.308 e. The number of carbonyl (C=O) groups is 2. The molecule has 1 aliphatic carbocycles. The number of esters is 1. The van der Waals surface area contributed by atoms with E-state index < -0.39 is 5.54 Å². The van der Waals surface area contributed by atoms with E-state index in [2.05, 4.69) is 5.32 Å². The predicted molar refractivity (Wildman–Crippen MR) is 82.4 cm³/mol. The number of benzene rings is 1. The molecule has 1 amide bonds. The highest BCUT2D eigenvalue weighted by Crippen LogP contribution is 2.39. The molecular weight excluding hydrogens is 282 g/mol. The Morgan fingerprint density at radius 1 is 1.36 bits per heavy atom. The summed E-state index contributed by atoms with van der Waals surface area (Å²) < 4.78 is 10.0. The molecule has 5 nitrogen and oxygen atoms in total. The number of amides is 1. The fourth-order valence-corrected chi connectivity index (χ4v) is 2.60. The summed E-state index contributed by atoms with van der Waals surface area (Å²) in [4.78, 5) is 24.1. The van der Waals surface area contributed by atoms with Crippen LogP contribution in [0.2, 0.25) is 0 Å². The molecule has 1 saturated carbocycles. The maximum atomic E-state index is 12.3. The molecule has 1 aliphatic rings. The average molecular weight is 305 g/mol. The lowest BCUT2D eigenvalue weighted by molar-refractivity contribution is -0.142. The molecule has 5 heteroatoms. The van der Waals surface area contributed by atoms with Crippen LogP contribution in [0.5, 0.6) is 5.75 Å². The zero-order valence-corrected chi connectivity index (χ0v) is 13.5. The second-order valence-electron chi connectivity index (χ2n) is 6.13. The van der Waals surface area contributed by atoms with E-state index in [0.29, 0.717) is 11.7 Å². The molecule has 2 rings (SSSR count). The molecule has 0 radical (unpaired) electrons. The van der Waals surface area contributed by atoms with Crippen molar-refractivity contribution >= 4 is 11.9 Å². The molecule has 1 aromatic rings. The fourth-order valence-electron chi connectivity index (χ4n) is 2.60. The lowest BCUT2D eigenvalue weighted by Crippen LogP contribution is -2.46. The van der Waals surface area contributed by atoms with E-state index in [-0.39, 0.29) is 24.2 Å². The molecule has 22 heavy (non-hydrogen) atoms. The Kier molecular flexibility index (Phi) is 4.74. The van der Waals surface area contributed by atoms with Gasteiger partial charge in [-0.15, -0.1) is 0 Å². The van der Waals surface area contributed by atoms with Gasteiger partial charge in [-0.3, -0.25) is 9.59 Å². The van der Waals surface area contributed by atoms with Gasteiger partial charge in [0.05, 0.1) is 26.2 Å². The Hall–Kier alpha value is -2.04. The third-order valence-corrected chi connectivity index (χ3v) is 4.28. The second kappa shape index (κ2) is 6.38. The largest absolute Gasteiger partial charge is 0.497 e. The molecule has 0 aromatic heterocycles. The summed E-state index contributed by atoms with van der Waals surface area (Å²) in [6.07, 6.45) is 0.974. The van der Waals surface area contributed by atoms with Gasteiger partial charge in [0.1, 0.15) is 5.75 Å². The summed E-state index contributed by atoms with van der Waals surface area (Å²) in [5.41, 5.74) is 0.00000283. The van der Waals surface area contributed by atoms with E-state index in [1.807, 2.05) is 38.1 Å². The van der Waals surface area contributed by atoms with Crippen molar-refractivity contribution in [3.05, 3.63) is 29.8 Å². The number of rotatable bonds is 6. The molecule has 1 N–H and O–H groups in total. The number of hydrogen-bond acceptors (Lipinski definition) is 4. The molecule has 1 aromatic carbocycles. The van der Waals surface area contributed by atoms with Crippen molar-refractivity contribution in [2.75, 3.05) is 14.2 Å². The zero-order valence-electron chi connectivity index (χ0n) is 13.5. The van der Waals surface area contributed by atoms with Crippen LogP contribution in [0.3, 0.4) is 0 Å². The molecular formula is C17H23NO4. The summed E-state index contributed by atoms with van der Waals surface area (Å²) >= 11 is 0. The summed E-state index contributed by atoms with van der Waals surface area (Å²) in [6.45, 7) is 3.89. The van der Waals surface area contributed by atoms with Crippen molar-refractivity contribution in [2.24, 2.45) is 11.8 Å². The van der Waals surface area contributed by atoms with Gasteiger partial charge in [-0.05, 0) is 37.0 Å². The van der Waals surface area contributed by atoms with Gasteiger partial charge in [-0.25, -0.2) is 0 Å². The quantitative estimate of drug-likeness (QED) is 0.819. The standard InChI is InChI=1S/C17H23NO4/c1-11-8-14(11)16(20)18-17(2,10-15(19)22-4)12-6-5-7-13(9-12)21-3/h5-7,9,11,14H,8,10H2,1-4H3,(H,18,20)/t11-,14+,17+/m1/s1. The summed E-state index contributed by atoms with van der Waals surface area (Å²) in [6, 6.07) is 7.38. The third kappa shape index (κ3) is 3.59. The Labute approximate surface area is 131 Å². The second-order valence-corrected chi connectivity index (χ2v) is 6.13. The van der Waals surface area contributed by atoms with Crippen molar-refractivity contribution in [3.8, 4) is 5.75 Å². The van der Waals surface area contributed by atoms with E-state index in [9.17, 15) is 9.59 Å². The van der Waals surface area contributed by atoms with E-state index in [0.717, 1.165) is 12.0 Å². The van der Waals surface area contributed by atoms with Crippen molar-refractivity contribution in [1.29, 1.82) is 0 Å². The van der Waals surface area contributed by atoms with E-state index in [4.69, 9.17) is 9.47 Å². The van der Waals surface area contributed by atoms with Crippen molar-refractivity contribution in [2.45, 2.75) is 32.2 Å². The van der Waals surface area contributed by atoms with Gasteiger partial charge in [0.25, 0.3) is 0 Å². The monoisotopic (exact) mass is 305 g/mol. The fraction of sp³-hybridized carbons (Fsp3) is 0.529. The van der Waals surface area contributed by atoms with Gasteiger partial charge < -0.3 is 14.8 Å². The number of ether oxygens (including phenoxy) is 2. The van der Waals surface area contributed by atoms with E-state index >= 15 is 0 Å². The van der Waals surface area contributed by atoms with Crippen LogP contribution in [0, 0.1) is 11.8 Å². The Morgan fingerprint density at radius 2 is 2.05 bits per heavy atom. The van der Waals surface area contributed by atoms with Crippen LogP contribution in [-0.4, -0.2) is 26.1 Å². The number of carbonyl (C=O) groups excluding carboxylic acids is 2. The van der Waals surface area contributed by atoms with Gasteiger partial charge in [-0.2, -0.15) is 0 Å². The Morgan fingerprint density at radius 3 is 2.59 bits per heavy atom. The van der Waals surface area contributed by atoms with E-state index in [1.165, 1.54) is 7.11 Å². The average Bonchev–Trinajstić information content (AvgIpc) is 3.24. The number of methoxy groups -OCH3 is 2. The first-order valence-corrected chi connectivity index (χ1v) is 7.43. The first-order valence-electron chi connectivity index (χ1n) is 7.43. The zero-order chi connectivity index (χ0) is 16.3. The van der Waals surface area contributed by atoms with Gasteiger partial charge in [0.2, 0.25) is 5.91 Å². The molecule has 0 aliphatic heterocycles. The molecule has 1 fully saturated rings. The Bertz CT molecular complexity index is 572. The lowest BCUT2D eigenvalue weighted by atomic mass is 9.88. The molecule has 120 valence electrons. The molecule has 0 heterocycles. The van der Waals surface area contributed by atoms with Crippen LogP contribution in [-0.2, 0) is 19.9 Å². The first kappa shape index (κ1) is 16.3. The molecule has 0 spiro atoms. The smallest absolute Gasteiger partial charge is 0.308 e. The van der Waals surface area contributed by atoms with Gasteiger partial charge in [-0.1, -0.05) is 19.1 Å². The van der Waals surface area contributed by atoms with Crippen LogP contribution in [0.25, 0.3) is 0 Å². The minimum absolute atomic E-state index is 0.0123. The van der Waals surface area contributed by atoms with Gasteiger partial charge in [0, 0.05) is 5.92 Å². The topological polar surface area (TPSA) is 64.6 Å². The minimum Gasteiger partial charge on any atom is -0.497 e. The Balaban J connectivity index is 2.27. The highest BCUT2D eigenvalue weighted by atomic mass is 16.5. The predicted octanol–water partition coefficient (Wildman–Crippen LogP) is 2.25. The van der Waals surface area contributed by atoms with Crippen LogP contribution < -0.4 is 10.1 Å². The van der Waals surface area contributed by atoms with Gasteiger partial charge >= 0.3 is 5.97 Å².